The molecule has 2 aromatic rings. The number of hydrogen-bond acceptors (Lipinski definition) is 3. The van der Waals surface area contributed by atoms with Crippen molar-refractivity contribution < 1.29 is 9.90 Å². The van der Waals surface area contributed by atoms with Crippen LogP contribution < -0.4 is 10.9 Å². The van der Waals surface area contributed by atoms with E-state index in [4.69, 9.17) is 0 Å². The van der Waals surface area contributed by atoms with E-state index in [0.29, 0.717) is 17.4 Å². The molecule has 0 saturated carbocycles. The van der Waals surface area contributed by atoms with Gasteiger partial charge in [0.15, 0.2) is 0 Å². The summed E-state index contributed by atoms with van der Waals surface area (Å²) in [4.78, 5) is 27.0. The van der Waals surface area contributed by atoms with Gasteiger partial charge in [0, 0.05) is 11.9 Å². The molecule has 2 rings (SSSR count). The summed E-state index contributed by atoms with van der Waals surface area (Å²) in [5.41, 5.74) is -0.254. The first-order valence-corrected chi connectivity index (χ1v) is 9.77. The summed E-state index contributed by atoms with van der Waals surface area (Å²) in [6, 6.07) is 6.89. The van der Waals surface area contributed by atoms with Gasteiger partial charge in [0.25, 0.3) is 11.5 Å². The highest BCUT2D eigenvalue weighted by molar-refractivity contribution is 6.01. The molecule has 0 bridgehead atoms. The number of carbonyl (C=O) groups excluding carboxylic acids is 1. The van der Waals surface area contributed by atoms with Crippen molar-refractivity contribution in [1.82, 2.24) is 10.3 Å². The third-order valence-corrected chi connectivity index (χ3v) is 4.69. The van der Waals surface area contributed by atoms with Crippen molar-refractivity contribution in [1.29, 1.82) is 0 Å². The maximum atomic E-state index is 12.3. The van der Waals surface area contributed by atoms with Crippen LogP contribution in [0.5, 0.6) is 5.75 Å². The lowest BCUT2D eigenvalue weighted by atomic mass is 10.1. The van der Waals surface area contributed by atoms with Crippen molar-refractivity contribution in [2.45, 2.75) is 64.7 Å². The molecule has 1 aromatic carbocycles. The van der Waals surface area contributed by atoms with Crippen molar-refractivity contribution in [3.05, 3.63) is 40.2 Å². The average molecular weight is 358 g/mol. The molecule has 0 unspecified atom stereocenters. The number of nitrogens with one attached hydrogen (secondary N) is 2. The van der Waals surface area contributed by atoms with Gasteiger partial charge in [0.05, 0.1) is 5.52 Å². The first kappa shape index (κ1) is 20.0. The molecule has 0 fully saturated rings. The summed E-state index contributed by atoms with van der Waals surface area (Å²) in [7, 11) is 0. The molecule has 0 atom stereocenters. The number of aromatic nitrogens is 1. The molecule has 142 valence electrons. The van der Waals surface area contributed by atoms with Crippen LogP contribution in [0.4, 0.5) is 0 Å². The van der Waals surface area contributed by atoms with Crippen LogP contribution in [0, 0.1) is 0 Å². The predicted molar refractivity (Wildman–Crippen MR) is 106 cm³/mol. The molecular formula is C21H30N2O3. The normalized spacial score (nSPS) is 11.0. The Morgan fingerprint density at radius 3 is 2.31 bits per heavy atom. The van der Waals surface area contributed by atoms with Crippen LogP contribution in [-0.2, 0) is 0 Å². The van der Waals surface area contributed by atoms with Gasteiger partial charge in [-0.15, -0.1) is 0 Å². The summed E-state index contributed by atoms with van der Waals surface area (Å²) < 4.78 is 0. The molecule has 26 heavy (non-hydrogen) atoms. The topological polar surface area (TPSA) is 82.2 Å². The van der Waals surface area contributed by atoms with Crippen LogP contribution >= 0.6 is 0 Å². The molecule has 1 heterocycles. The number of benzene rings is 1. The zero-order chi connectivity index (χ0) is 18.8. The molecule has 0 radical (unpaired) electrons. The maximum Gasteiger partial charge on any atom is 0.265 e. The van der Waals surface area contributed by atoms with E-state index in [9.17, 15) is 14.7 Å². The van der Waals surface area contributed by atoms with Crippen LogP contribution in [0.15, 0.2) is 29.1 Å². The molecule has 0 aliphatic carbocycles. The van der Waals surface area contributed by atoms with Gasteiger partial charge in [0.2, 0.25) is 0 Å². The van der Waals surface area contributed by atoms with Gasteiger partial charge in [-0.1, -0.05) is 70.4 Å². The van der Waals surface area contributed by atoms with E-state index >= 15 is 0 Å². The highest BCUT2D eigenvalue weighted by Gasteiger charge is 2.18. The summed E-state index contributed by atoms with van der Waals surface area (Å²) >= 11 is 0. The second-order valence-electron chi connectivity index (χ2n) is 6.81. The fourth-order valence-corrected chi connectivity index (χ4v) is 3.16. The molecule has 1 amide bonds. The molecule has 5 heteroatoms. The zero-order valence-electron chi connectivity index (χ0n) is 15.6. The molecule has 5 nitrogen and oxygen atoms in total. The number of carbonyl (C=O) groups is 1. The standard InChI is InChI=1S/C21H30N2O3/c1-2-3-4-5-6-7-8-9-12-15-22-20(25)18-19(24)16-13-10-11-14-17(16)23-21(18)26/h10-11,13-14H,2-9,12,15H2,1H3,(H,22,25)(H2,23,24,26). The van der Waals surface area contributed by atoms with Gasteiger partial charge in [0.1, 0.15) is 11.3 Å². The Kier molecular flexibility index (Phi) is 8.19. The Labute approximate surface area is 154 Å². The number of H-pyrrole nitrogens is 1. The van der Waals surface area contributed by atoms with E-state index in [0.717, 1.165) is 12.8 Å². The minimum Gasteiger partial charge on any atom is -0.506 e. The molecule has 0 aliphatic heterocycles. The second kappa shape index (κ2) is 10.6. The maximum absolute atomic E-state index is 12.3. The number of aromatic amines is 1. The van der Waals surface area contributed by atoms with Gasteiger partial charge >= 0.3 is 0 Å². The lowest BCUT2D eigenvalue weighted by Gasteiger charge is -2.08. The minimum absolute atomic E-state index is 0.209. The largest absolute Gasteiger partial charge is 0.506 e. The van der Waals surface area contributed by atoms with Crippen LogP contribution in [0.1, 0.15) is 75.1 Å². The third kappa shape index (κ3) is 5.61. The monoisotopic (exact) mass is 358 g/mol. The molecular weight excluding hydrogens is 328 g/mol. The van der Waals surface area contributed by atoms with Crippen molar-refractivity contribution in [2.24, 2.45) is 0 Å². The molecule has 1 aromatic heterocycles. The fraction of sp³-hybridized carbons (Fsp3) is 0.524. The van der Waals surface area contributed by atoms with E-state index in [1.165, 1.54) is 44.9 Å². The van der Waals surface area contributed by atoms with Crippen LogP contribution in [0.2, 0.25) is 0 Å². The van der Waals surface area contributed by atoms with Gasteiger partial charge in [-0.25, -0.2) is 0 Å². The number of fused-ring (bicyclic) bond motifs is 1. The first-order valence-electron chi connectivity index (χ1n) is 9.77. The van der Waals surface area contributed by atoms with Crippen molar-refractivity contribution >= 4 is 16.8 Å². The minimum atomic E-state index is -0.564. The van der Waals surface area contributed by atoms with E-state index < -0.39 is 11.5 Å². The van der Waals surface area contributed by atoms with E-state index in [1.54, 1.807) is 24.3 Å². The number of aromatic hydroxyl groups is 1. The Balaban J connectivity index is 1.75. The summed E-state index contributed by atoms with van der Waals surface area (Å²) in [5, 5.41) is 13.5. The van der Waals surface area contributed by atoms with Crippen molar-refractivity contribution in [2.75, 3.05) is 6.54 Å². The summed E-state index contributed by atoms with van der Waals surface area (Å²) in [6.45, 7) is 2.74. The van der Waals surface area contributed by atoms with E-state index in [2.05, 4.69) is 17.2 Å². The lowest BCUT2D eigenvalue weighted by Crippen LogP contribution is -2.30. The average Bonchev–Trinajstić information content (AvgIpc) is 2.63. The van der Waals surface area contributed by atoms with E-state index in [-0.39, 0.29) is 11.3 Å². The number of hydrogen-bond donors (Lipinski definition) is 3. The number of para-hydroxylation sites is 1. The van der Waals surface area contributed by atoms with E-state index in [1.807, 2.05) is 0 Å². The number of amides is 1. The summed E-state index contributed by atoms with van der Waals surface area (Å²) in [5.74, 6) is -0.775. The Morgan fingerprint density at radius 2 is 1.62 bits per heavy atom. The Bertz CT molecular complexity index is 767. The summed E-state index contributed by atoms with van der Waals surface area (Å²) in [6.07, 6.45) is 10.9. The van der Waals surface area contributed by atoms with Gasteiger partial charge in [-0.3, -0.25) is 9.59 Å². The SMILES string of the molecule is CCCCCCCCCCCNC(=O)c1c(O)c2ccccc2[nH]c1=O. The number of pyridine rings is 1. The molecule has 3 N–H and O–H groups in total. The Hall–Kier alpha value is -2.30. The number of rotatable bonds is 11. The smallest absolute Gasteiger partial charge is 0.265 e. The fourth-order valence-electron chi connectivity index (χ4n) is 3.16. The number of unbranched alkanes of at least 4 members (excludes halogenated alkanes) is 8. The van der Waals surface area contributed by atoms with Gasteiger partial charge < -0.3 is 15.4 Å². The van der Waals surface area contributed by atoms with Crippen LogP contribution in [0.25, 0.3) is 10.9 Å². The Morgan fingerprint density at radius 1 is 1.00 bits per heavy atom. The predicted octanol–water partition coefficient (Wildman–Crippen LogP) is 4.49. The second-order valence-corrected chi connectivity index (χ2v) is 6.81. The highest BCUT2D eigenvalue weighted by atomic mass is 16.3. The van der Waals surface area contributed by atoms with Crippen molar-refractivity contribution in [3.63, 3.8) is 0 Å². The molecule has 0 spiro atoms. The quantitative estimate of drug-likeness (QED) is 0.517. The first-order chi connectivity index (χ1) is 12.6. The van der Waals surface area contributed by atoms with Gasteiger partial charge in [-0.05, 0) is 18.6 Å². The third-order valence-electron chi connectivity index (χ3n) is 4.69. The molecule has 0 saturated heterocycles. The van der Waals surface area contributed by atoms with Crippen molar-refractivity contribution in [3.8, 4) is 5.75 Å². The van der Waals surface area contributed by atoms with Crippen LogP contribution in [-0.4, -0.2) is 22.5 Å². The van der Waals surface area contributed by atoms with Gasteiger partial charge in [-0.2, -0.15) is 0 Å². The zero-order valence-corrected chi connectivity index (χ0v) is 15.6. The lowest BCUT2D eigenvalue weighted by molar-refractivity contribution is 0.0949. The van der Waals surface area contributed by atoms with Crippen LogP contribution in [0.3, 0.4) is 0 Å². The molecule has 0 aliphatic rings. The highest BCUT2D eigenvalue weighted by Crippen LogP contribution is 2.24.